The molecule has 1 fully saturated rings. The van der Waals surface area contributed by atoms with Crippen LogP contribution in [0.15, 0.2) is 65.6 Å². The Labute approximate surface area is 217 Å². The zero-order valence-corrected chi connectivity index (χ0v) is 21.4. The number of benzene rings is 3. The van der Waals surface area contributed by atoms with E-state index in [9.17, 15) is 9.59 Å². The predicted molar refractivity (Wildman–Crippen MR) is 140 cm³/mol. The monoisotopic (exact) mass is 615 g/mol. The molecule has 162 valence electrons. The van der Waals surface area contributed by atoms with Gasteiger partial charge in [-0.2, -0.15) is 0 Å². The molecule has 3 aromatic rings. The molecule has 0 saturated carbocycles. The van der Waals surface area contributed by atoms with Crippen LogP contribution in [0.25, 0.3) is 6.08 Å². The van der Waals surface area contributed by atoms with E-state index in [1.165, 1.54) is 0 Å². The number of carbonyl (C=O) groups is 2. The van der Waals surface area contributed by atoms with Gasteiger partial charge < -0.3 is 4.74 Å². The highest BCUT2D eigenvalue weighted by atomic mass is 127. The fourth-order valence-corrected chi connectivity index (χ4v) is 5.02. The van der Waals surface area contributed by atoms with Crippen molar-refractivity contribution < 1.29 is 14.3 Å². The lowest BCUT2D eigenvalue weighted by Gasteiger charge is -2.13. The Morgan fingerprint density at radius 3 is 2.25 bits per heavy atom. The molecule has 0 aliphatic carbocycles. The number of imide groups is 1. The first-order valence-corrected chi connectivity index (χ1v) is 12.2. The third-order valence-corrected chi connectivity index (χ3v) is 6.97. The molecule has 1 aliphatic heterocycles. The molecule has 3 aromatic carbocycles. The number of anilines is 1. The number of ether oxygens (including phenoxy) is 1. The number of hydrogen-bond acceptors (Lipinski definition) is 4. The molecule has 0 spiro atoms. The second kappa shape index (κ2) is 10.1. The van der Waals surface area contributed by atoms with Gasteiger partial charge in [0.05, 0.1) is 25.7 Å². The second-order valence-corrected chi connectivity index (χ2v) is 10.2. The molecular formula is C23H13Cl3INO3S. The van der Waals surface area contributed by atoms with E-state index in [0.717, 1.165) is 25.8 Å². The summed E-state index contributed by atoms with van der Waals surface area (Å²) in [4.78, 5) is 26.6. The van der Waals surface area contributed by atoms with E-state index in [0.29, 0.717) is 38.7 Å². The summed E-state index contributed by atoms with van der Waals surface area (Å²) in [5.41, 5.74) is 1.90. The summed E-state index contributed by atoms with van der Waals surface area (Å²) in [6.07, 6.45) is 1.57. The first-order chi connectivity index (χ1) is 15.3. The standard InChI is InChI=1S/C23H13Cl3INO3S/c24-16-3-1-2-4-19(16)28-22(29)20(32-23(28)30)11-14-9-17(25)21(18(26)10-14)31-12-13-5-7-15(27)8-6-13/h1-11H,12H2/b20-11-. The quantitative estimate of drug-likeness (QED) is 0.215. The Morgan fingerprint density at radius 2 is 1.59 bits per heavy atom. The van der Waals surface area contributed by atoms with Crippen LogP contribution in [0, 0.1) is 3.57 Å². The molecule has 0 N–H and O–H groups in total. The summed E-state index contributed by atoms with van der Waals surface area (Å²) in [7, 11) is 0. The van der Waals surface area contributed by atoms with Crippen molar-refractivity contribution in [2.45, 2.75) is 6.61 Å². The van der Waals surface area contributed by atoms with Gasteiger partial charge in [0.15, 0.2) is 5.75 Å². The highest BCUT2D eigenvalue weighted by molar-refractivity contribution is 14.1. The van der Waals surface area contributed by atoms with Crippen molar-refractivity contribution in [2.75, 3.05) is 4.90 Å². The number of rotatable bonds is 5. The second-order valence-electron chi connectivity index (χ2n) is 6.70. The minimum Gasteiger partial charge on any atom is -0.486 e. The van der Waals surface area contributed by atoms with E-state index in [1.807, 2.05) is 24.3 Å². The van der Waals surface area contributed by atoms with Crippen LogP contribution < -0.4 is 9.64 Å². The highest BCUT2D eigenvalue weighted by Crippen LogP contribution is 2.40. The van der Waals surface area contributed by atoms with Gasteiger partial charge in [0, 0.05) is 3.57 Å². The van der Waals surface area contributed by atoms with Crippen LogP contribution in [0.1, 0.15) is 11.1 Å². The van der Waals surface area contributed by atoms with Crippen molar-refractivity contribution in [3.05, 3.63) is 95.3 Å². The minimum absolute atomic E-state index is 0.245. The van der Waals surface area contributed by atoms with E-state index in [4.69, 9.17) is 39.5 Å². The summed E-state index contributed by atoms with van der Waals surface area (Å²) in [5, 5.41) is 0.500. The third kappa shape index (κ3) is 5.10. The third-order valence-electron chi connectivity index (χ3n) is 4.50. The van der Waals surface area contributed by atoms with Gasteiger partial charge in [-0.1, -0.05) is 59.1 Å². The summed E-state index contributed by atoms with van der Waals surface area (Å²) in [5.74, 6) is -0.104. The van der Waals surface area contributed by atoms with Crippen LogP contribution in [0.2, 0.25) is 15.1 Å². The average molecular weight is 617 g/mol. The van der Waals surface area contributed by atoms with E-state index in [2.05, 4.69) is 22.6 Å². The topological polar surface area (TPSA) is 46.6 Å². The van der Waals surface area contributed by atoms with Gasteiger partial charge in [-0.15, -0.1) is 0 Å². The molecule has 0 unspecified atom stereocenters. The SMILES string of the molecule is O=C1S/C(=C\c2cc(Cl)c(OCc3ccc(I)cc3)c(Cl)c2)C(=O)N1c1ccccc1Cl. The molecular weight excluding hydrogens is 604 g/mol. The fraction of sp³-hybridized carbons (Fsp3) is 0.0435. The Hall–Kier alpha value is -1.71. The Bertz CT molecular complexity index is 1220. The summed E-state index contributed by atoms with van der Waals surface area (Å²) in [6.45, 7) is 0.312. The fourth-order valence-electron chi connectivity index (χ4n) is 3.00. The molecule has 9 heteroatoms. The maximum atomic E-state index is 12.9. The van der Waals surface area contributed by atoms with E-state index in [1.54, 1.807) is 42.5 Å². The van der Waals surface area contributed by atoms with Gasteiger partial charge in [0.1, 0.15) is 6.61 Å². The lowest BCUT2D eigenvalue weighted by molar-refractivity contribution is -0.113. The zero-order chi connectivity index (χ0) is 22.8. The predicted octanol–water partition coefficient (Wildman–Crippen LogP) is 8.07. The van der Waals surface area contributed by atoms with Gasteiger partial charge in [-0.25, -0.2) is 4.90 Å². The molecule has 0 aromatic heterocycles. The lowest BCUT2D eigenvalue weighted by Crippen LogP contribution is -2.27. The number of nitrogens with zero attached hydrogens (tertiary/aromatic N) is 1. The highest BCUT2D eigenvalue weighted by Gasteiger charge is 2.37. The van der Waals surface area contributed by atoms with Gasteiger partial charge in [0.25, 0.3) is 11.1 Å². The van der Waals surface area contributed by atoms with Crippen LogP contribution in [-0.4, -0.2) is 11.1 Å². The number of carbonyl (C=O) groups excluding carboxylic acids is 2. The number of halogens is 4. The van der Waals surface area contributed by atoms with Crippen LogP contribution in [-0.2, 0) is 11.4 Å². The van der Waals surface area contributed by atoms with Gasteiger partial charge >= 0.3 is 0 Å². The largest absolute Gasteiger partial charge is 0.486 e. The van der Waals surface area contributed by atoms with Gasteiger partial charge in [-0.3, -0.25) is 9.59 Å². The zero-order valence-electron chi connectivity index (χ0n) is 16.2. The van der Waals surface area contributed by atoms with Gasteiger partial charge in [0.2, 0.25) is 0 Å². The van der Waals surface area contributed by atoms with Crippen molar-refractivity contribution in [2.24, 2.45) is 0 Å². The van der Waals surface area contributed by atoms with Crippen molar-refractivity contribution >= 4 is 92.1 Å². The van der Waals surface area contributed by atoms with Crippen LogP contribution >= 0.6 is 69.2 Å². The first kappa shape index (κ1) is 23.4. The Balaban J connectivity index is 1.55. The summed E-state index contributed by atoms with van der Waals surface area (Å²) >= 11 is 22.0. The summed E-state index contributed by atoms with van der Waals surface area (Å²) < 4.78 is 6.94. The normalized spacial score (nSPS) is 15.0. The van der Waals surface area contributed by atoms with Crippen LogP contribution in [0.5, 0.6) is 5.75 Å². The lowest BCUT2D eigenvalue weighted by atomic mass is 10.2. The van der Waals surface area contributed by atoms with Crippen molar-refractivity contribution in [3.8, 4) is 5.75 Å². The number of amides is 2. The number of para-hydroxylation sites is 1. The van der Waals surface area contributed by atoms with Crippen molar-refractivity contribution in [1.82, 2.24) is 0 Å². The Morgan fingerprint density at radius 1 is 0.938 bits per heavy atom. The summed E-state index contributed by atoms with van der Waals surface area (Å²) in [6, 6.07) is 17.9. The maximum absolute atomic E-state index is 12.9. The van der Waals surface area contributed by atoms with Crippen molar-refractivity contribution in [3.63, 3.8) is 0 Å². The smallest absolute Gasteiger partial charge is 0.298 e. The van der Waals surface area contributed by atoms with E-state index < -0.39 is 11.1 Å². The molecule has 1 saturated heterocycles. The molecule has 0 atom stereocenters. The molecule has 4 rings (SSSR count). The van der Waals surface area contributed by atoms with E-state index >= 15 is 0 Å². The average Bonchev–Trinajstić information content (AvgIpc) is 3.02. The Kier molecular flexibility index (Phi) is 7.37. The van der Waals surface area contributed by atoms with Crippen LogP contribution in [0.4, 0.5) is 10.5 Å². The molecule has 1 aliphatic rings. The number of hydrogen-bond donors (Lipinski definition) is 0. The van der Waals surface area contributed by atoms with Crippen molar-refractivity contribution in [1.29, 1.82) is 0 Å². The first-order valence-electron chi connectivity index (χ1n) is 9.22. The number of thioether (sulfide) groups is 1. The molecule has 1 heterocycles. The molecule has 0 bridgehead atoms. The van der Waals surface area contributed by atoms with Crippen LogP contribution in [0.3, 0.4) is 0 Å². The molecule has 32 heavy (non-hydrogen) atoms. The maximum Gasteiger partial charge on any atom is 0.298 e. The van der Waals surface area contributed by atoms with E-state index in [-0.39, 0.29) is 4.91 Å². The minimum atomic E-state index is -0.459. The van der Waals surface area contributed by atoms with Gasteiger partial charge in [-0.05, 0) is 88.0 Å². The molecule has 4 nitrogen and oxygen atoms in total. The molecule has 0 radical (unpaired) electrons. The molecule has 2 amide bonds.